The van der Waals surface area contributed by atoms with Gasteiger partial charge in [0.2, 0.25) is 15.9 Å². The monoisotopic (exact) mass is 434 g/mol. The van der Waals surface area contributed by atoms with Crippen LogP contribution in [0.5, 0.6) is 0 Å². The fourth-order valence-corrected chi connectivity index (χ4v) is 5.79. The molecule has 30 heavy (non-hydrogen) atoms. The maximum Gasteiger partial charge on any atom is 0.243 e. The van der Waals surface area contributed by atoms with Crippen molar-refractivity contribution in [1.82, 2.24) is 19.2 Å². The van der Waals surface area contributed by atoms with Crippen molar-refractivity contribution in [1.29, 1.82) is 0 Å². The number of nitrogens with zero attached hydrogens (tertiary/aromatic N) is 3. The number of nitrogens with one attached hydrogen (secondary N) is 1. The first-order chi connectivity index (χ1) is 14.4. The van der Waals surface area contributed by atoms with E-state index in [4.69, 9.17) is 4.74 Å². The van der Waals surface area contributed by atoms with E-state index in [-0.39, 0.29) is 16.8 Å². The molecule has 1 amide bonds. The number of piperidine rings is 1. The average Bonchev–Trinajstić information content (AvgIpc) is 3.08. The Morgan fingerprint density at radius 2 is 2.03 bits per heavy atom. The van der Waals surface area contributed by atoms with Gasteiger partial charge in [-0.1, -0.05) is 6.42 Å². The summed E-state index contributed by atoms with van der Waals surface area (Å²) >= 11 is 0. The van der Waals surface area contributed by atoms with Crippen LogP contribution in [0, 0.1) is 0 Å². The number of amides is 1. The van der Waals surface area contributed by atoms with Gasteiger partial charge in [-0.05, 0) is 43.9 Å². The number of ether oxygens (including phenoxy) is 1. The Hall–Kier alpha value is -1.97. The molecule has 2 aliphatic heterocycles. The highest BCUT2D eigenvalue weighted by molar-refractivity contribution is 7.89. The second kappa shape index (κ2) is 9.03. The van der Waals surface area contributed by atoms with Gasteiger partial charge in [0.15, 0.2) is 0 Å². The van der Waals surface area contributed by atoms with Gasteiger partial charge in [-0.3, -0.25) is 4.79 Å². The molecule has 1 N–H and O–H groups in total. The Labute approximate surface area is 177 Å². The Morgan fingerprint density at radius 1 is 1.23 bits per heavy atom. The predicted octanol–water partition coefficient (Wildman–Crippen LogP) is 1.98. The summed E-state index contributed by atoms with van der Waals surface area (Å²) in [6.45, 7) is 2.50. The number of aromatic nitrogens is 2. The predicted molar refractivity (Wildman–Crippen MR) is 114 cm³/mol. The minimum atomic E-state index is -3.49. The van der Waals surface area contributed by atoms with Crippen LogP contribution < -0.4 is 5.32 Å². The third kappa shape index (κ3) is 4.53. The highest BCUT2D eigenvalue weighted by atomic mass is 32.2. The molecule has 1 aromatic heterocycles. The van der Waals surface area contributed by atoms with Crippen molar-refractivity contribution in [3.63, 3.8) is 0 Å². The lowest BCUT2D eigenvalue weighted by Gasteiger charge is -2.25. The van der Waals surface area contributed by atoms with E-state index in [2.05, 4.69) is 10.3 Å². The van der Waals surface area contributed by atoms with Crippen LogP contribution in [0.25, 0.3) is 11.0 Å². The quantitative estimate of drug-likeness (QED) is 0.750. The van der Waals surface area contributed by atoms with Gasteiger partial charge < -0.3 is 14.6 Å². The summed E-state index contributed by atoms with van der Waals surface area (Å²) in [5.74, 6) is 0.762. The van der Waals surface area contributed by atoms with Gasteiger partial charge in [0, 0.05) is 39.6 Å². The van der Waals surface area contributed by atoms with E-state index >= 15 is 0 Å². The lowest BCUT2D eigenvalue weighted by atomic mass is 10.1. The van der Waals surface area contributed by atoms with Gasteiger partial charge in [0.05, 0.1) is 28.6 Å². The highest BCUT2D eigenvalue weighted by Gasteiger charge is 2.26. The van der Waals surface area contributed by atoms with Crippen molar-refractivity contribution in [3.05, 3.63) is 24.0 Å². The molecule has 2 aromatic rings. The molecular weight excluding hydrogens is 404 g/mol. The lowest BCUT2D eigenvalue weighted by molar-refractivity contribution is -0.122. The van der Waals surface area contributed by atoms with E-state index < -0.39 is 10.0 Å². The average molecular weight is 435 g/mol. The third-order valence-corrected chi connectivity index (χ3v) is 7.89. The van der Waals surface area contributed by atoms with Crippen LogP contribution in [0.15, 0.2) is 23.1 Å². The van der Waals surface area contributed by atoms with Crippen molar-refractivity contribution in [2.24, 2.45) is 7.05 Å². The van der Waals surface area contributed by atoms with Crippen LogP contribution in [0.1, 0.15) is 44.3 Å². The fourth-order valence-electron chi connectivity index (χ4n) is 4.25. The number of aryl methyl sites for hydroxylation is 2. The first-order valence-corrected chi connectivity index (χ1v) is 12.2. The molecule has 164 valence electrons. The van der Waals surface area contributed by atoms with E-state index in [1.54, 1.807) is 16.4 Å². The molecule has 2 saturated heterocycles. The normalized spacial score (nSPS) is 21.0. The summed E-state index contributed by atoms with van der Waals surface area (Å²) in [6, 6.07) is 5.21. The Bertz CT molecular complexity index is 1010. The third-order valence-electron chi connectivity index (χ3n) is 6.00. The van der Waals surface area contributed by atoms with Gasteiger partial charge in [0.1, 0.15) is 5.82 Å². The van der Waals surface area contributed by atoms with Gasteiger partial charge in [-0.25, -0.2) is 13.4 Å². The van der Waals surface area contributed by atoms with E-state index in [0.717, 1.165) is 50.1 Å². The van der Waals surface area contributed by atoms with E-state index in [1.807, 2.05) is 17.7 Å². The first-order valence-electron chi connectivity index (χ1n) is 10.8. The number of carbonyl (C=O) groups excluding carboxylic acids is 1. The maximum absolute atomic E-state index is 13.0. The molecule has 1 unspecified atom stereocenters. The largest absolute Gasteiger partial charge is 0.379 e. The highest BCUT2D eigenvalue weighted by Crippen LogP contribution is 2.25. The van der Waals surface area contributed by atoms with E-state index in [0.29, 0.717) is 38.1 Å². The van der Waals surface area contributed by atoms with E-state index in [9.17, 15) is 13.2 Å². The standard InChI is InChI=1S/C21H30N4O4S/c1-24-19-8-7-17(30(27,28)25-11-3-2-4-12-25)14-18(19)23-20(24)9-10-21(26)22-16-6-5-13-29-15-16/h7-8,14,16H,2-6,9-13,15H2,1H3,(H,22,26). The molecule has 1 aromatic carbocycles. The summed E-state index contributed by atoms with van der Waals surface area (Å²) in [5, 5.41) is 3.02. The maximum atomic E-state index is 13.0. The molecule has 0 bridgehead atoms. The number of sulfonamides is 1. The summed E-state index contributed by atoms with van der Waals surface area (Å²) in [4.78, 5) is 17.2. The molecule has 0 aliphatic carbocycles. The molecule has 9 heteroatoms. The molecule has 8 nitrogen and oxygen atoms in total. The summed E-state index contributed by atoms with van der Waals surface area (Å²) in [5.41, 5.74) is 1.51. The van der Waals surface area contributed by atoms with Crippen molar-refractivity contribution in [2.75, 3.05) is 26.3 Å². The summed E-state index contributed by atoms with van der Waals surface area (Å²) < 4.78 is 34.8. The fraction of sp³-hybridized carbons (Fsp3) is 0.619. The zero-order chi connectivity index (χ0) is 21.1. The van der Waals surface area contributed by atoms with Crippen LogP contribution in [0.4, 0.5) is 0 Å². The van der Waals surface area contributed by atoms with Crippen molar-refractivity contribution in [3.8, 4) is 0 Å². The zero-order valence-corrected chi connectivity index (χ0v) is 18.3. The molecule has 2 aliphatic rings. The SMILES string of the molecule is Cn1c(CCC(=O)NC2CCCOC2)nc2cc(S(=O)(=O)N3CCCCC3)ccc21. The Morgan fingerprint density at radius 3 is 2.77 bits per heavy atom. The molecule has 3 heterocycles. The van der Waals surface area contributed by atoms with Crippen LogP contribution in [0.2, 0.25) is 0 Å². The van der Waals surface area contributed by atoms with Crippen LogP contribution in [0.3, 0.4) is 0 Å². The van der Waals surface area contributed by atoms with Crippen molar-refractivity contribution >= 4 is 27.0 Å². The number of benzene rings is 1. The van der Waals surface area contributed by atoms with E-state index in [1.165, 1.54) is 0 Å². The second-order valence-corrected chi connectivity index (χ2v) is 10.1. The molecule has 1 atom stereocenters. The molecule has 4 rings (SSSR count). The number of fused-ring (bicyclic) bond motifs is 1. The van der Waals surface area contributed by atoms with Crippen LogP contribution in [-0.4, -0.2) is 60.5 Å². The zero-order valence-electron chi connectivity index (χ0n) is 17.5. The number of rotatable bonds is 6. The molecule has 0 radical (unpaired) electrons. The van der Waals surface area contributed by atoms with Crippen LogP contribution >= 0.6 is 0 Å². The van der Waals surface area contributed by atoms with Gasteiger partial charge in [-0.2, -0.15) is 4.31 Å². The molecule has 2 fully saturated rings. The minimum absolute atomic E-state index is 0.00841. The Balaban J connectivity index is 1.46. The number of imidazole rings is 1. The summed E-state index contributed by atoms with van der Waals surface area (Å²) in [6.07, 6.45) is 5.65. The minimum Gasteiger partial charge on any atom is -0.379 e. The smallest absolute Gasteiger partial charge is 0.243 e. The van der Waals surface area contributed by atoms with Crippen molar-refractivity contribution in [2.45, 2.75) is 55.9 Å². The van der Waals surface area contributed by atoms with Gasteiger partial charge in [-0.15, -0.1) is 0 Å². The molecule has 0 saturated carbocycles. The van der Waals surface area contributed by atoms with Crippen molar-refractivity contribution < 1.29 is 17.9 Å². The Kier molecular flexibility index (Phi) is 6.40. The van der Waals surface area contributed by atoms with Gasteiger partial charge in [0.25, 0.3) is 0 Å². The van der Waals surface area contributed by atoms with Gasteiger partial charge >= 0.3 is 0 Å². The first kappa shape index (κ1) is 21.3. The van der Waals surface area contributed by atoms with Crippen LogP contribution in [-0.2, 0) is 33.0 Å². The number of hydrogen-bond acceptors (Lipinski definition) is 5. The number of carbonyl (C=O) groups is 1. The second-order valence-electron chi connectivity index (χ2n) is 8.18. The summed E-state index contributed by atoms with van der Waals surface area (Å²) in [7, 11) is -1.59. The lowest BCUT2D eigenvalue weighted by Crippen LogP contribution is -2.40. The topological polar surface area (TPSA) is 93.5 Å². The molecule has 0 spiro atoms. The molecular formula is C21H30N4O4S. The number of hydrogen-bond donors (Lipinski definition) is 1.